The molecule has 5 rings (SSSR count). The Hall–Kier alpha value is -3.56. The first-order valence-electron chi connectivity index (χ1n) is 10.6. The zero-order valence-electron chi connectivity index (χ0n) is 17.6. The normalized spacial score (nSPS) is 14.6. The monoisotopic (exact) mass is 464 g/mol. The molecule has 1 amide bonds. The topological polar surface area (TPSA) is 95.2 Å². The Morgan fingerprint density at radius 3 is 2.48 bits per heavy atom. The molecule has 1 aliphatic rings. The number of hydrogen-bond acceptors (Lipinski definition) is 4. The molecule has 33 heavy (non-hydrogen) atoms. The zero-order valence-corrected chi connectivity index (χ0v) is 18.4. The number of imidazole rings is 1. The van der Waals surface area contributed by atoms with Gasteiger partial charge in [-0.15, -0.1) is 0 Å². The molecule has 0 aliphatic carbocycles. The van der Waals surface area contributed by atoms with Gasteiger partial charge < -0.3 is 10.3 Å². The molecule has 3 aromatic carbocycles. The van der Waals surface area contributed by atoms with Crippen LogP contribution in [0.3, 0.4) is 0 Å². The lowest BCUT2D eigenvalue weighted by atomic mass is 10.2. The molecule has 0 bridgehead atoms. The summed E-state index contributed by atoms with van der Waals surface area (Å²) in [6.07, 6.45) is 1.73. The van der Waals surface area contributed by atoms with E-state index < -0.39 is 10.0 Å². The summed E-state index contributed by atoms with van der Waals surface area (Å²) < 4.78 is 40.3. The number of aromatic amines is 1. The second-order valence-electron chi connectivity index (χ2n) is 7.92. The van der Waals surface area contributed by atoms with Crippen LogP contribution >= 0.6 is 0 Å². The molecule has 2 N–H and O–H groups in total. The van der Waals surface area contributed by atoms with Crippen molar-refractivity contribution in [3.8, 4) is 11.4 Å². The quantitative estimate of drug-likeness (QED) is 0.458. The fraction of sp³-hybridized carbons (Fsp3) is 0.167. The van der Waals surface area contributed by atoms with Crippen molar-refractivity contribution in [2.75, 3.05) is 18.4 Å². The van der Waals surface area contributed by atoms with Crippen molar-refractivity contribution in [1.29, 1.82) is 0 Å². The Morgan fingerprint density at radius 2 is 1.76 bits per heavy atom. The molecule has 1 aliphatic heterocycles. The van der Waals surface area contributed by atoms with Crippen LogP contribution in [0.25, 0.3) is 22.4 Å². The Bertz CT molecular complexity index is 1440. The molecule has 0 unspecified atom stereocenters. The molecule has 0 spiro atoms. The average molecular weight is 465 g/mol. The van der Waals surface area contributed by atoms with Gasteiger partial charge in [0.05, 0.1) is 15.9 Å². The number of nitrogens with zero attached hydrogens (tertiary/aromatic N) is 2. The maximum atomic E-state index is 13.5. The van der Waals surface area contributed by atoms with E-state index in [4.69, 9.17) is 0 Å². The number of halogens is 1. The summed E-state index contributed by atoms with van der Waals surface area (Å²) in [4.78, 5) is 20.5. The maximum absolute atomic E-state index is 13.5. The fourth-order valence-corrected chi connectivity index (χ4v) is 5.44. The summed E-state index contributed by atoms with van der Waals surface area (Å²) in [6, 6.07) is 17.3. The van der Waals surface area contributed by atoms with Gasteiger partial charge in [0.15, 0.2) is 0 Å². The second kappa shape index (κ2) is 8.42. The fourth-order valence-electron chi connectivity index (χ4n) is 3.92. The number of benzene rings is 3. The molecule has 1 saturated heterocycles. The number of carbonyl (C=O) groups excluding carboxylic acids is 1. The minimum atomic E-state index is -3.52. The van der Waals surface area contributed by atoms with Gasteiger partial charge in [-0.05, 0) is 67.4 Å². The molecule has 0 atom stereocenters. The number of anilines is 1. The van der Waals surface area contributed by atoms with Gasteiger partial charge in [0.25, 0.3) is 5.91 Å². The minimum Gasteiger partial charge on any atom is -0.338 e. The summed E-state index contributed by atoms with van der Waals surface area (Å²) in [5, 5.41) is 2.82. The van der Waals surface area contributed by atoms with Gasteiger partial charge in [0.2, 0.25) is 10.0 Å². The number of H-pyrrole nitrogens is 1. The highest BCUT2D eigenvalue weighted by Crippen LogP contribution is 2.24. The molecular weight excluding hydrogens is 443 g/mol. The molecule has 1 fully saturated rings. The number of aromatic nitrogens is 2. The van der Waals surface area contributed by atoms with Crippen LogP contribution in [-0.2, 0) is 10.0 Å². The predicted octanol–water partition coefficient (Wildman–Crippen LogP) is 4.41. The Kier molecular flexibility index (Phi) is 5.43. The summed E-state index contributed by atoms with van der Waals surface area (Å²) in [7, 11) is -3.52. The first-order chi connectivity index (χ1) is 15.9. The smallest absolute Gasteiger partial charge is 0.255 e. The highest BCUT2D eigenvalue weighted by atomic mass is 32.2. The summed E-state index contributed by atoms with van der Waals surface area (Å²) in [5.41, 5.74) is 2.90. The van der Waals surface area contributed by atoms with E-state index in [9.17, 15) is 17.6 Å². The number of hydrogen-bond donors (Lipinski definition) is 2. The number of sulfonamides is 1. The van der Waals surface area contributed by atoms with Gasteiger partial charge >= 0.3 is 0 Å². The zero-order chi connectivity index (χ0) is 23.0. The Balaban J connectivity index is 1.33. The first kappa shape index (κ1) is 21.3. The third kappa shape index (κ3) is 4.24. The van der Waals surface area contributed by atoms with E-state index in [0.29, 0.717) is 46.8 Å². The lowest BCUT2D eigenvalue weighted by Gasteiger charge is -2.15. The molecule has 2 heterocycles. The number of rotatable bonds is 5. The first-order valence-corrected chi connectivity index (χ1v) is 12.0. The van der Waals surface area contributed by atoms with Crippen molar-refractivity contribution in [3.05, 3.63) is 78.1 Å². The lowest BCUT2D eigenvalue weighted by molar-refractivity contribution is 0.102. The predicted molar refractivity (Wildman–Crippen MR) is 124 cm³/mol. The van der Waals surface area contributed by atoms with E-state index in [1.54, 1.807) is 30.3 Å². The molecule has 9 heteroatoms. The largest absolute Gasteiger partial charge is 0.338 e. The summed E-state index contributed by atoms with van der Waals surface area (Å²) >= 11 is 0. The van der Waals surface area contributed by atoms with E-state index in [1.807, 2.05) is 0 Å². The SMILES string of the molecule is O=C(Nc1ccc2nc(-c3cccc(F)c3)[nH]c2c1)c1ccc(S(=O)(=O)N2CCCC2)cc1. The summed E-state index contributed by atoms with van der Waals surface area (Å²) in [6.45, 7) is 1.06. The molecule has 168 valence electrons. The number of carbonyl (C=O) groups is 1. The van der Waals surface area contributed by atoms with Gasteiger partial charge in [0.1, 0.15) is 11.6 Å². The van der Waals surface area contributed by atoms with Gasteiger partial charge in [-0.1, -0.05) is 12.1 Å². The van der Waals surface area contributed by atoms with Crippen molar-refractivity contribution in [1.82, 2.24) is 14.3 Å². The van der Waals surface area contributed by atoms with Gasteiger partial charge in [0, 0.05) is 29.9 Å². The van der Waals surface area contributed by atoms with Crippen LogP contribution in [0.2, 0.25) is 0 Å². The maximum Gasteiger partial charge on any atom is 0.255 e. The number of fused-ring (bicyclic) bond motifs is 1. The van der Waals surface area contributed by atoms with Gasteiger partial charge in [-0.25, -0.2) is 17.8 Å². The van der Waals surface area contributed by atoms with E-state index in [1.165, 1.54) is 40.7 Å². The number of amides is 1. The lowest BCUT2D eigenvalue weighted by Crippen LogP contribution is -2.27. The number of nitrogens with one attached hydrogen (secondary N) is 2. The van der Waals surface area contributed by atoms with Crippen LogP contribution in [0.4, 0.5) is 10.1 Å². The molecule has 7 nitrogen and oxygen atoms in total. The highest BCUT2D eigenvalue weighted by molar-refractivity contribution is 7.89. The molecule has 1 aromatic heterocycles. The highest BCUT2D eigenvalue weighted by Gasteiger charge is 2.27. The van der Waals surface area contributed by atoms with Crippen LogP contribution < -0.4 is 5.32 Å². The Labute approximate surface area is 190 Å². The van der Waals surface area contributed by atoms with Crippen molar-refractivity contribution >= 4 is 32.7 Å². The Morgan fingerprint density at radius 1 is 1.00 bits per heavy atom. The second-order valence-corrected chi connectivity index (χ2v) is 9.86. The van der Waals surface area contributed by atoms with E-state index in [-0.39, 0.29) is 16.6 Å². The van der Waals surface area contributed by atoms with E-state index in [0.717, 1.165) is 12.8 Å². The van der Waals surface area contributed by atoms with E-state index >= 15 is 0 Å². The molecular formula is C24H21FN4O3S. The minimum absolute atomic E-state index is 0.185. The van der Waals surface area contributed by atoms with Crippen molar-refractivity contribution in [2.24, 2.45) is 0 Å². The van der Waals surface area contributed by atoms with Crippen molar-refractivity contribution in [3.63, 3.8) is 0 Å². The van der Waals surface area contributed by atoms with Crippen molar-refractivity contribution in [2.45, 2.75) is 17.7 Å². The molecule has 0 saturated carbocycles. The average Bonchev–Trinajstić information content (AvgIpc) is 3.49. The third-order valence-corrected chi connectivity index (χ3v) is 7.57. The molecule has 4 aromatic rings. The van der Waals surface area contributed by atoms with Crippen LogP contribution in [-0.4, -0.2) is 41.7 Å². The summed E-state index contributed by atoms with van der Waals surface area (Å²) in [5.74, 6) is -0.174. The molecule has 0 radical (unpaired) electrons. The van der Waals surface area contributed by atoms with Crippen LogP contribution in [0.5, 0.6) is 0 Å². The third-order valence-electron chi connectivity index (χ3n) is 5.66. The van der Waals surface area contributed by atoms with E-state index in [2.05, 4.69) is 15.3 Å². The standard InChI is InChI=1S/C24H21FN4O3S/c25-18-5-3-4-17(14-18)23-27-21-11-8-19(15-22(21)28-23)26-24(30)16-6-9-20(10-7-16)33(31,32)29-12-1-2-13-29/h3-11,14-15H,1-2,12-13H2,(H,26,30)(H,27,28). The van der Waals surface area contributed by atoms with Gasteiger partial charge in [-0.2, -0.15) is 4.31 Å². The van der Waals surface area contributed by atoms with Crippen molar-refractivity contribution < 1.29 is 17.6 Å². The van der Waals surface area contributed by atoms with Crippen LogP contribution in [0, 0.1) is 5.82 Å². The van der Waals surface area contributed by atoms with Crippen LogP contribution in [0.15, 0.2) is 71.6 Å². The van der Waals surface area contributed by atoms with Gasteiger partial charge in [-0.3, -0.25) is 4.79 Å². The van der Waals surface area contributed by atoms with Crippen LogP contribution in [0.1, 0.15) is 23.2 Å².